The highest BCUT2D eigenvalue weighted by atomic mass is 32.1. The van der Waals surface area contributed by atoms with Crippen molar-refractivity contribution >= 4 is 22.3 Å². The summed E-state index contributed by atoms with van der Waals surface area (Å²) in [7, 11) is 1.53. The Morgan fingerprint density at radius 1 is 1.29 bits per heavy atom. The molecule has 2 N–H and O–H groups in total. The molecule has 0 amide bonds. The molecule has 0 aliphatic rings. The fraction of sp³-hybridized carbons (Fsp3) is 0.0667. The number of rotatable bonds is 4. The number of hydrogen-bond donors (Lipinski definition) is 1. The van der Waals surface area contributed by atoms with E-state index in [-0.39, 0.29) is 5.78 Å². The number of carbonyl (C=O) groups is 1. The summed E-state index contributed by atoms with van der Waals surface area (Å²) in [6.07, 6.45) is 1.53. The van der Waals surface area contributed by atoms with E-state index >= 15 is 0 Å². The Hall–Kier alpha value is -2.60. The van der Waals surface area contributed by atoms with Crippen molar-refractivity contribution in [2.75, 3.05) is 12.8 Å². The third-order valence-electron chi connectivity index (χ3n) is 2.96. The van der Waals surface area contributed by atoms with Gasteiger partial charge in [0.05, 0.1) is 18.9 Å². The number of ether oxygens (including phenoxy) is 1. The second-order valence-corrected chi connectivity index (χ2v) is 5.27. The van der Waals surface area contributed by atoms with Crippen molar-refractivity contribution in [3.8, 4) is 17.2 Å². The summed E-state index contributed by atoms with van der Waals surface area (Å²) in [5, 5.41) is 0.319. The topological polar surface area (TPSA) is 78.4 Å². The van der Waals surface area contributed by atoms with E-state index in [1.807, 2.05) is 6.07 Å². The van der Waals surface area contributed by atoms with Crippen LogP contribution in [0.15, 0.2) is 47.1 Å². The molecule has 106 valence electrons. The first-order valence-electron chi connectivity index (χ1n) is 6.18. The third-order valence-corrected chi connectivity index (χ3v) is 3.84. The first-order valence-corrected chi connectivity index (χ1v) is 7.00. The predicted molar refractivity (Wildman–Crippen MR) is 80.7 cm³/mol. The van der Waals surface area contributed by atoms with Crippen molar-refractivity contribution in [1.29, 1.82) is 0 Å². The fourth-order valence-corrected chi connectivity index (χ4v) is 2.82. The lowest BCUT2D eigenvalue weighted by molar-refractivity contribution is 0.104. The molecule has 21 heavy (non-hydrogen) atoms. The van der Waals surface area contributed by atoms with Gasteiger partial charge in [-0.25, -0.2) is 4.98 Å². The highest BCUT2D eigenvalue weighted by molar-refractivity contribution is 7.18. The summed E-state index contributed by atoms with van der Waals surface area (Å²) in [4.78, 5) is 17.4. The number of nitrogens with two attached hydrogens (primary N) is 1. The number of anilines is 1. The average molecular weight is 300 g/mol. The maximum Gasteiger partial charge on any atom is 0.209 e. The Balaban J connectivity index is 2.11. The quantitative estimate of drug-likeness (QED) is 0.748. The largest absolute Gasteiger partial charge is 0.496 e. The molecular formula is C15H12N2O3S. The average Bonchev–Trinajstić information content (AvgIpc) is 3.15. The van der Waals surface area contributed by atoms with E-state index in [4.69, 9.17) is 14.9 Å². The molecule has 0 bridgehead atoms. The Labute approximate surface area is 125 Å². The molecule has 0 aliphatic heterocycles. The minimum Gasteiger partial charge on any atom is -0.496 e. The van der Waals surface area contributed by atoms with Crippen LogP contribution in [0.1, 0.15) is 15.2 Å². The molecule has 2 heterocycles. The third kappa shape index (κ3) is 2.41. The van der Waals surface area contributed by atoms with Gasteiger partial charge in [0, 0.05) is 0 Å². The van der Waals surface area contributed by atoms with Crippen molar-refractivity contribution in [2.24, 2.45) is 0 Å². The van der Waals surface area contributed by atoms with Crippen LogP contribution < -0.4 is 10.5 Å². The van der Waals surface area contributed by atoms with Crippen molar-refractivity contribution in [2.45, 2.75) is 0 Å². The zero-order chi connectivity index (χ0) is 14.8. The van der Waals surface area contributed by atoms with Crippen molar-refractivity contribution < 1.29 is 13.9 Å². The highest BCUT2D eigenvalue weighted by Gasteiger charge is 2.23. The van der Waals surface area contributed by atoms with Crippen LogP contribution in [0.4, 0.5) is 5.13 Å². The summed E-state index contributed by atoms with van der Waals surface area (Å²) >= 11 is 1.14. The number of hydrogen-bond acceptors (Lipinski definition) is 6. The molecule has 0 unspecified atom stereocenters. The lowest BCUT2D eigenvalue weighted by Gasteiger charge is -2.06. The Morgan fingerprint density at radius 3 is 2.81 bits per heavy atom. The molecule has 0 saturated carbocycles. The number of furan rings is 1. The van der Waals surface area contributed by atoms with Gasteiger partial charge in [-0.05, 0) is 24.3 Å². The SMILES string of the molecule is COc1ccccc1C(=O)c1sc(N)nc1-c1ccco1. The minimum atomic E-state index is -0.187. The number of aromatic nitrogens is 1. The molecule has 6 heteroatoms. The smallest absolute Gasteiger partial charge is 0.209 e. The van der Waals surface area contributed by atoms with Gasteiger partial charge in [0.1, 0.15) is 16.3 Å². The van der Waals surface area contributed by atoms with Crippen LogP contribution in [0.3, 0.4) is 0 Å². The Kier molecular flexibility index (Phi) is 3.45. The molecule has 2 aromatic heterocycles. The number of para-hydroxylation sites is 1. The van der Waals surface area contributed by atoms with Gasteiger partial charge >= 0.3 is 0 Å². The first-order chi connectivity index (χ1) is 10.2. The maximum atomic E-state index is 12.7. The number of benzene rings is 1. The molecule has 0 spiro atoms. The van der Waals surface area contributed by atoms with Crippen LogP contribution >= 0.6 is 11.3 Å². The molecular weight excluding hydrogens is 288 g/mol. The van der Waals surface area contributed by atoms with Crippen molar-refractivity contribution in [3.05, 3.63) is 53.1 Å². The summed E-state index contributed by atoms with van der Waals surface area (Å²) in [5.74, 6) is 0.842. The molecule has 0 aliphatic carbocycles. The van der Waals surface area contributed by atoms with E-state index in [0.717, 1.165) is 11.3 Å². The summed E-state index contributed by atoms with van der Waals surface area (Å²) in [6.45, 7) is 0. The fourth-order valence-electron chi connectivity index (χ4n) is 2.03. The molecule has 1 aromatic carbocycles. The first kappa shape index (κ1) is 13.4. The molecule has 3 rings (SSSR count). The number of nitrogens with zero attached hydrogens (tertiary/aromatic N) is 1. The van der Waals surface area contributed by atoms with Crippen LogP contribution in [-0.4, -0.2) is 17.9 Å². The Bertz CT molecular complexity index is 778. The van der Waals surface area contributed by atoms with Gasteiger partial charge in [0.2, 0.25) is 5.78 Å². The zero-order valence-electron chi connectivity index (χ0n) is 11.2. The molecule has 0 fully saturated rings. The molecule has 0 saturated heterocycles. The van der Waals surface area contributed by atoms with E-state index in [1.165, 1.54) is 13.4 Å². The van der Waals surface area contributed by atoms with Gasteiger partial charge in [0.15, 0.2) is 10.9 Å². The summed E-state index contributed by atoms with van der Waals surface area (Å²) in [6, 6.07) is 10.5. The molecule has 0 atom stereocenters. The van der Waals surface area contributed by atoms with Gasteiger partial charge in [-0.3, -0.25) is 4.79 Å². The Morgan fingerprint density at radius 2 is 2.10 bits per heavy atom. The number of nitrogen functional groups attached to an aromatic ring is 1. The summed E-state index contributed by atoms with van der Waals surface area (Å²) in [5.41, 5.74) is 6.68. The number of methoxy groups -OCH3 is 1. The maximum absolute atomic E-state index is 12.7. The number of ketones is 1. The zero-order valence-corrected chi connectivity index (χ0v) is 12.0. The van der Waals surface area contributed by atoms with Crippen LogP contribution in [0, 0.1) is 0 Å². The van der Waals surface area contributed by atoms with Crippen LogP contribution in [-0.2, 0) is 0 Å². The summed E-state index contributed by atoms with van der Waals surface area (Å²) < 4.78 is 10.6. The van der Waals surface area contributed by atoms with Crippen LogP contribution in [0.25, 0.3) is 11.5 Å². The van der Waals surface area contributed by atoms with E-state index < -0.39 is 0 Å². The van der Waals surface area contributed by atoms with Gasteiger partial charge in [-0.2, -0.15) is 0 Å². The lowest BCUT2D eigenvalue weighted by Crippen LogP contribution is -2.03. The van der Waals surface area contributed by atoms with E-state index in [1.54, 1.807) is 30.3 Å². The van der Waals surface area contributed by atoms with Gasteiger partial charge in [-0.1, -0.05) is 23.5 Å². The standard InChI is InChI=1S/C15H12N2O3S/c1-19-10-6-3-2-5-9(10)13(18)14-12(17-15(16)21-14)11-7-4-8-20-11/h2-8H,1H3,(H2,16,17). The van der Waals surface area contributed by atoms with Crippen LogP contribution in [0.5, 0.6) is 5.75 Å². The number of carbonyl (C=O) groups excluding carboxylic acids is 1. The number of thiazole rings is 1. The van der Waals surface area contributed by atoms with Crippen LogP contribution in [0.2, 0.25) is 0 Å². The molecule has 3 aromatic rings. The monoisotopic (exact) mass is 300 g/mol. The lowest BCUT2D eigenvalue weighted by atomic mass is 10.1. The minimum absolute atomic E-state index is 0.187. The second-order valence-electron chi connectivity index (χ2n) is 4.24. The second kappa shape index (κ2) is 5.41. The normalized spacial score (nSPS) is 10.5. The van der Waals surface area contributed by atoms with Gasteiger partial charge in [0.25, 0.3) is 0 Å². The highest BCUT2D eigenvalue weighted by Crippen LogP contribution is 2.33. The van der Waals surface area contributed by atoms with Crippen molar-refractivity contribution in [3.63, 3.8) is 0 Å². The van der Waals surface area contributed by atoms with E-state index in [2.05, 4.69) is 4.98 Å². The van der Waals surface area contributed by atoms with Gasteiger partial charge in [-0.15, -0.1) is 0 Å². The molecule has 5 nitrogen and oxygen atoms in total. The van der Waals surface area contributed by atoms with E-state index in [9.17, 15) is 4.79 Å². The van der Waals surface area contributed by atoms with E-state index in [0.29, 0.717) is 32.8 Å². The molecule has 0 radical (unpaired) electrons. The van der Waals surface area contributed by atoms with Gasteiger partial charge < -0.3 is 14.9 Å². The predicted octanol–water partition coefficient (Wildman–Crippen LogP) is 3.22. The van der Waals surface area contributed by atoms with Crippen molar-refractivity contribution in [1.82, 2.24) is 4.98 Å².